The predicted molar refractivity (Wildman–Crippen MR) is 111 cm³/mol. The Morgan fingerprint density at radius 2 is 1.55 bits per heavy atom. The van der Waals surface area contributed by atoms with E-state index in [1.165, 1.54) is 11.3 Å². The zero-order valence-corrected chi connectivity index (χ0v) is 18.5. The summed E-state index contributed by atoms with van der Waals surface area (Å²) in [4.78, 5) is 44.3. The van der Waals surface area contributed by atoms with Gasteiger partial charge in [-0.1, -0.05) is 57.7 Å². The first-order chi connectivity index (χ1) is 13.6. The van der Waals surface area contributed by atoms with E-state index in [2.05, 4.69) is 15.4 Å². The highest BCUT2D eigenvalue weighted by Crippen LogP contribution is 2.44. The molecule has 0 spiro atoms. The van der Waals surface area contributed by atoms with Crippen LogP contribution in [0.5, 0.6) is 0 Å². The van der Waals surface area contributed by atoms with Gasteiger partial charge in [0.2, 0.25) is 16.8 Å². The zero-order valence-electron chi connectivity index (χ0n) is 14.6. The number of aryl methyl sites for hydroxylation is 2. The Hall–Kier alpha value is -1.91. The number of aromatic nitrogens is 3. The molecule has 3 amide bonds. The van der Waals surface area contributed by atoms with E-state index in [0.717, 1.165) is 10.6 Å². The molecule has 29 heavy (non-hydrogen) atoms. The molecule has 0 aliphatic carbocycles. The average Bonchev–Trinajstić information content (AvgIpc) is 3.25. The van der Waals surface area contributed by atoms with Crippen LogP contribution in [0, 0.1) is 13.8 Å². The molecular weight excluding hydrogens is 484 g/mol. The number of carbonyl (C=O) groups excluding carboxylic acids is 3. The number of fused-ring (bicyclic) bond motifs is 2. The molecule has 0 saturated heterocycles. The molecule has 13 heteroatoms. The second kappa shape index (κ2) is 7.10. The third kappa shape index (κ3) is 3.08. The van der Waals surface area contributed by atoms with Crippen molar-refractivity contribution in [2.24, 2.45) is 0 Å². The van der Waals surface area contributed by atoms with Crippen molar-refractivity contribution in [1.82, 2.24) is 19.5 Å². The molecule has 4 rings (SSSR count). The van der Waals surface area contributed by atoms with Gasteiger partial charge in [-0.05, 0) is 13.8 Å². The molecule has 3 heterocycles. The third-order valence-corrected chi connectivity index (χ3v) is 7.24. The number of nitrogens with one attached hydrogen (secondary N) is 1. The second-order valence-electron chi connectivity index (χ2n) is 6.12. The van der Waals surface area contributed by atoms with E-state index in [4.69, 9.17) is 46.4 Å². The van der Waals surface area contributed by atoms with Gasteiger partial charge in [0, 0.05) is 4.88 Å². The molecule has 1 aromatic carbocycles. The van der Waals surface area contributed by atoms with E-state index < -0.39 is 24.3 Å². The third-order valence-electron chi connectivity index (χ3n) is 4.39. The molecule has 0 saturated carbocycles. The van der Waals surface area contributed by atoms with Gasteiger partial charge in [0.05, 0.1) is 36.9 Å². The molecule has 0 fully saturated rings. The van der Waals surface area contributed by atoms with Crippen molar-refractivity contribution in [2.45, 2.75) is 13.8 Å². The summed E-state index contributed by atoms with van der Waals surface area (Å²) in [5.41, 5.74) is 0.530. The number of hydrogen-bond acceptors (Lipinski definition) is 6. The molecular formula is C16H9Cl4N5O3S. The summed E-state index contributed by atoms with van der Waals surface area (Å²) in [6.07, 6.45) is 0. The fraction of sp³-hybridized carbons (Fsp3) is 0.188. The average molecular weight is 493 g/mol. The second-order valence-corrected chi connectivity index (χ2v) is 8.82. The number of halogens is 4. The van der Waals surface area contributed by atoms with Crippen molar-refractivity contribution in [3.8, 4) is 0 Å². The Morgan fingerprint density at radius 3 is 2.07 bits per heavy atom. The van der Waals surface area contributed by atoms with Crippen molar-refractivity contribution < 1.29 is 14.4 Å². The van der Waals surface area contributed by atoms with E-state index in [1.54, 1.807) is 4.52 Å². The number of imide groups is 1. The summed E-state index contributed by atoms with van der Waals surface area (Å²) in [6, 6.07) is 0. The topological polar surface area (TPSA) is 96.7 Å². The van der Waals surface area contributed by atoms with E-state index in [1.807, 2.05) is 13.8 Å². The predicted octanol–water partition coefficient (Wildman–Crippen LogP) is 4.26. The number of benzene rings is 1. The smallest absolute Gasteiger partial charge is 0.263 e. The van der Waals surface area contributed by atoms with E-state index >= 15 is 0 Å². The normalized spacial score (nSPS) is 13.5. The molecule has 0 bridgehead atoms. The van der Waals surface area contributed by atoms with Gasteiger partial charge in [-0.2, -0.15) is 4.98 Å². The molecule has 2 aromatic heterocycles. The summed E-state index contributed by atoms with van der Waals surface area (Å²) in [7, 11) is 0. The lowest BCUT2D eigenvalue weighted by atomic mass is 10.1. The maximum Gasteiger partial charge on any atom is 0.263 e. The lowest BCUT2D eigenvalue weighted by Gasteiger charge is -2.12. The highest BCUT2D eigenvalue weighted by atomic mass is 35.5. The van der Waals surface area contributed by atoms with Crippen LogP contribution in [0.15, 0.2) is 0 Å². The van der Waals surface area contributed by atoms with Gasteiger partial charge >= 0.3 is 0 Å². The van der Waals surface area contributed by atoms with Gasteiger partial charge in [0.25, 0.3) is 11.8 Å². The molecule has 0 radical (unpaired) electrons. The van der Waals surface area contributed by atoms with Crippen LogP contribution in [-0.4, -0.2) is 43.8 Å². The summed E-state index contributed by atoms with van der Waals surface area (Å²) < 4.78 is 1.60. The first-order valence-electron chi connectivity index (χ1n) is 7.96. The number of hydrogen-bond donors (Lipinski definition) is 1. The molecule has 3 aromatic rings. The minimum Gasteiger partial charge on any atom is -0.292 e. The van der Waals surface area contributed by atoms with Gasteiger partial charge in [-0.25, -0.2) is 4.52 Å². The first kappa shape index (κ1) is 20.4. The lowest BCUT2D eigenvalue weighted by molar-refractivity contribution is -0.116. The van der Waals surface area contributed by atoms with Gasteiger partial charge < -0.3 is 0 Å². The monoisotopic (exact) mass is 491 g/mol. The number of amides is 3. The highest BCUT2D eigenvalue weighted by molar-refractivity contribution is 7.17. The summed E-state index contributed by atoms with van der Waals surface area (Å²) in [5.74, 6) is -2.20. The number of nitrogens with zero attached hydrogens (tertiary/aromatic N) is 4. The minimum atomic E-state index is -0.795. The molecule has 1 N–H and O–H groups in total. The van der Waals surface area contributed by atoms with Crippen molar-refractivity contribution >= 4 is 86.4 Å². The molecule has 150 valence electrons. The van der Waals surface area contributed by atoms with Crippen LogP contribution in [0.4, 0.5) is 5.95 Å². The summed E-state index contributed by atoms with van der Waals surface area (Å²) in [5, 5.41) is 5.99. The van der Waals surface area contributed by atoms with Crippen molar-refractivity contribution in [3.05, 3.63) is 41.8 Å². The van der Waals surface area contributed by atoms with Gasteiger partial charge in [-0.15, -0.1) is 5.10 Å². The van der Waals surface area contributed by atoms with Crippen molar-refractivity contribution in [2.75, 3.05) is 11.9 Å². The van der Waals surface area contributed by atoms with Crippen LogP contribution in [0.3, 0.4) is 0 Å². The fourth-order valence-corrected chi connectivity index (χ4v) is 4.76. The lowest BCUT2D eigenvalue weighted by Crippen LogP contribution is -2.37. The maximum absolute atomic E-state index is 12.7. The Labute approximate surface area is 187 Å². The van der Waals surface area contributed by atoms with E-state index in [0.29, 0.717) is 9.86 Å². The quantitative estimate of drug-likeness (QED) is 0.334. The molecule has 1 aliphatic heterocycles. The summed E-state index contributed by atoms with van der Waals surface area (Å²) >= 11 is 25.5. The number of thiazole rings is 1. The SMILES string of the molecule is Cc1sc2nc(NC(=O)CN3C(=O)c4c(Cl)c(Cl)c(Cl)c(Cl)c4C3=O)nn2c1C. The number of anilines is 1. The van der Waals surface area contributed by atoms with Crippen molar-refractivity contribution in [3.63, 3.8) is 0 Å². The van der Waals surface area contributed by atoms with Crippen molar-refractivity contribution in [1.29, 1.82) is 0 Å². The van der Waals surface area contributed by atoms with Crippen LogP contribution < -0.4 is 5.32 Å². The largest absolute Gasteiger partial charge is 0.292 e. The maximum atomic E-state index is 12.7. The van der Waals surface area contributed by atoms with Gasteiger partial charge in [0.1, 0.15) is 6.54 Å². The van der Waals surface area contributed by atoms with Gasteiger partial charge in [-0.3, -0.25) is 24.6 Å². The minimum absolute atomic E-state index is 0.0584. The van der Waals surface area contributed by atoms with E-state index in [9.17, 15) is 14.4 Å². The Bertz CT molecular complexity index is 1200. The Balaban J connectivity index is 1.58. The van der Waals surface area contributed by atoms with Crippen LogP contribution in [0.2, 0.25) is 20.1 Å². The summed E-state index contributed by atoms with van der Waals surface area (Å²) in [6.45, 7) is 3.23. The van der Waals surface area contributed by atoms with Crippen LogP contribution >= 0.6 is 57.7 Å². The fourth-order valence-electron chi connectivity index (χ4n) is 2.84. The molecule has 1 aliphatic rings. The number of carbonyl (C=O) groups is 3. The van der Waals surface area contributed by atoms with Crippen LogP contribution in [-0.2, 0) is 4.79 Å². The van der Waals surface area contributed by atoms with Crippen LogP contribution in [0.25, 0.3) is 4.96 Å². The van der Waals surface area contributed by atoms with Crippen LogP contribution in [0.1, 0.15) is 31.3 Å². The molecule has 0 atom stereocenters. The highest BCUT2D eigenvalue weighted by Gasteiger charge is 2.42. The zero-order chi connectivity index (χ0) is 21.2. The van der Waals surface area contributed by atoms with E-state index in [-0.39, 0.29) is 37.2 Å². The Morgan fingerprint density at radius 1 is 1.00 bits per heavy atom. The molecule has 0 unspecified atom stereocenters. The molecule has 8 nitrogen and oxygen atoms in total. The number of rotatable bonds is 3. The first-order valence-corrected chi connectivity index (χ1v) is 10.3. The van der Waals surface area contributed by atoms with Gasteiger partial charge in [0.15, 0.2) is 0 Å². The standard InChI is InChI=1S/C16H9Cl4N5O3S/c1-4-5(2)29-16-22-15(23-25(4)16)21-6(26)3-24-13(27)7-8(14(24)28)10(18)12(20)11(19)9(7)17/h3H2,1-2H3,(H,21,23,26). The Kier molecular flexibility index (Phi) is 4.99.